The summed E-state index contributed by atoms with van der Waals surface area (Å²) >= 11 is 6.13. The van der Waals surface area contributed by atoms with Crippen LogP contribution in [0.3, 0.4) is 0 Å². The van der Waals surface area contributed by atoms with E-state index in [2.05, 4.69) is 15.6 Å². The molecule has 2 unspecified atom stereocenters. The molecule has 1 heterocycles. The first-order chi connectivity index (χ1) is 9.66. The van der Waals surface area contributed by atoms with Crippen molar-refractivity contribution < 1.29 is 0 Å². The van der Waals surface area contributed by atoms with Gasteiger partial charge in [-0.2, -0.15) is 0 Å². The molecule has 0 fully saturated rings. The topological polar surface area (TPSA) is 43.8 Å². The van der Waals surface area contributed by atoms with Crippen LogP contribution in [0.1, 0.15) is 42.8 Å². The van der Waals surface area contributed by atoms with Crippen molar-refractivity contribution in [3.8, 4) is 0 Å². The molecule has 3 rings (SSSR count). The Balaban J connectivity index is 2.05. The van der Waals surface area contributed by atoms with E-state index in [4.69, 9.17) is 17.3 Å². The fraction of sp³-hybridized carbons (Fsp3) is 0.438. The van der Waals surface area contributed by atoms with Gasteiger partial charge in [0, 0.05) is 16.8 Å². The highest BCUT2D eigenvalue weighted by atomic mass is 35.5. The summed E-state index contributed by atoms with van der Waals surface area (Å²) in [7, 11) is 0. The number of rotatable bonds is 3. The van der Waals surface area contributed by atoms with Gasteiger partial charge in [0.2, 0.25) is 0 Å². The smallest absolute Gasteiger partial charge is 0.0957 e. The third-order valence-corrected chi connectivity index (χ3v) is 4.28. The summed E-state index contributed by atoms with van der Waals surface area (Å²) in [6, 6.07) is 8.08. The van der Waals surface area contributed by atoms with Crippen LogP contribution in [0.2, 0.25) is 5.02 Å². The second kappa shape index (κ2) is 5.58. The first kappa shape index (κ1) is 13.7. The molecule has 0 spiro atoms. The fourth-order valence-electron chi connectivity index (χ4n) is 3.14. The Morgan fingerprint density at radius 2 is 2.10 bits per heavy atom. The van der Waals surface area contributed by atoms with E-state index in [0.717, 1.165) is 23.4 Å². The van der Waals surface area contributed by atoms with E-state index in [0.29, 0.717) is 0 Å². The highest BCUT2D eigenvalue weighted by Crippen LogP contribution is 2.29. The number of imidazole rings is 1. The van der Waals surface area contributed by atoms with Gasteiger partial charge in [0.1, 0.15) is 0 Å². The molecule has 0 aliphatic heterocycles. The Morgan fingerprint density at radius 3 is 2.85 bits per heavy atom. The summed E-state index contributed by atoms with van der Waals surface area (Å²) in [6.07, 6.45) is 6.61. The molecule has 2 aromatic rings. The number of aryl methyl sites for hydroxylation is 1. The van der Waals surface area contributed by atoms with E-state index in [-0.39, 0.29) is 12.1 Å². The van der Waals surface area contributed by atoms with Crippen LogP contribution in [-0.4, -0.2) is 15.6 Å². The van der Waals surface area contributed by atoms with Gasteiger partial charge >= 0.3 is 0 Å². The molecule has 0 amide bonds. The molecule has 3 nitrogen and oxygen atoms in total. The molecular formula is C16H20ClN3. The molecule has 0 saturated carbocycles. The minimum Gasteiger partial charge on any atom is -0.326 e. The Morgan fingerprint density at radius 1 is 1.30 bits per heavy atom. The van der Waals surface area contributed by atoms with E-state index < -0.39 is 0 Å². The van der Waals surface area contributed by atoms with E-state index in [1.165, 1.54) is 24.2 Å². The Kier molecular flexibility index (Phi) is 3.81. The molecule has 2 atom stereocenters. The standard InChI is InChI=1S/C16H20ClN3/c1-11(18)16(12-5-4-6-13(17)9-12)20-10-19-14-7-2-3-8-15(14)20/h4-6,9-11,16H,2-3,7-8,18H2,1H3. The van der Waals surface area contributed by atoms with Crippen LogP contribution >= 0.6 is 11.6 Å². The second-order valence-electron chi connectivity index (χ2n) is 5.61. The fourth-order valence-corrected chi connectivity index (χ4v) is 3.34. The summed E-state index contributed by atoms with van der Waals surface area (Å²) < 4.78 is 2.25. The number of hydrogen-bond acceptors (Lipinski definition) is 2. The molecule has 1 aromatic carbocycles. The number of nitrogens with zero attached hydrogens (tertiary/aromatic N) is 2. The lowest BCUT2D eigenvalue weighted by atomic mass is 9.97. The molecular weight excluding hydrogens is 270 g/mol. The van der Waals surface area contributed by atoms with E-state index in [1.807, 2.05) is 31.5 Å². The van der Waals surface area contributed by atoms with Crippen molar-refractivity contribution in [3.63, 3.8) is 0 Å². The highest BCUT2D eigenvalue weighted by molar-refractivity contribution is 6.30. The summed E-state index contributed by atoms with van der Waals surface area (Å²) in [5.41, 5.74) is 9.99. The summed E-state index contributed by atoms with van der Waals surface area (Å²) in [5, 5.41) is 0.752. The van der Waals surface area contributed by atoms with Crippen LogP contribution in [0.15, 0.2) is 30.6 Å². The van der Waals surface area contributed by atoms with E-state index in [1.54, 1.807) is 0 Å². The average molecular weight is 290 g/mol. The SMILES string of the molecule is CC(N)C(c1cccc(Cl)c1)n1cnc2c1CCCC2. The van der Waals surface area contributed by atoms with Crippen LogP contribution in [0.5, 0.6) is 0 Å². The molecule has 0 radical (unpaired) electrons. The first-order valence-corrected chi connectivity index (χ1v) is 7.60. The van der Waals surface area contributed by atoms with E-state index >= 15 is 0 Å². The van der Waals surface area contributed by atoms with Gasteiger partial charge in [-0.1, -0.05) is 23.7 Å². The normalized spacial score (nSPS) is 17.6. The Labute approximate surface area is 124 Å². The molecule has 0 saturated heterocycles. The predicted octanol–water partition coefficient (Wildman–Crippen LogP) is 3.35. The minimum absolute atomic E-state index is 0.00805. The molecule has 20 heavy (non-hydrogen) atoms. The van der Waals surface area contributed by atoms with Gasteiger partial charge in [-0.15, -0.1) is 0 Å². The summed E-state index contributed by atoms with van der Waals surface area (Å²) in [6.45, 7) is 2.04. The van der Waals surface area contributed by atoms with Crippen LogP contribution in [0.25, 0.3) is 0 Å². The maximum atomic E-state index is 6.25. The zero-order valence-electron chi connectivity index (χ0n) is 11.7. The molecule has 1 aromatic heterocycles. The van der Waals surface area contributed by atoms with Gasteiger partial charge in [0.15, 0.2) is 0 Å². The first-order valence-electron chi connectivity index (χ1n) is 7.22. The lowest BCUT2D eigenvalue weighted by Gasteiger charge is -2.26. The number of benzene rings is 1. The largest absolute Gasteiger partial charge is 0.326 e. The molecule has 1 aliphatic carbocycles. The van der Waals surface area contributed by atoms with Gasteiger partial charge in [-0.25, -0.2) is 4.98 Å². The Hall–Kier alpha value is -1.32. The quantitative estimate of drug-likeness (QED) is 0.942. The predicted molar refractivity (Wildman–Crippen MR) is 82.1 cm³/mol. The van der Waals surface area contributed by atoms with Crippen LogP contribution < -0.4 is 5.73 Å². The van der Waals surface area contributed by atoms with Gasteiger partial charge in [0.05, 0.1) is 18.1 Å². The molecule has 2 N–H and O–H groups in total. The van der Waals surface area contributed by atoms with Crippen LogP contribution in [0.4, 0.5) is 0 Å². The van der Waals surface area contributed by atoms with Crippen molar-refractivity contribution in [1.82, 2.24) is 9.55 Å². The summed E-state index contributed by atoms with van der Waals surface area (Å²) in [5.74, 6) is 0. The third kappa shape index (κ3) is 2.48. The minimum atomic E-state index is 0.00805. The van der Waals surface area contributed by atoms with Crippen molar-refractivity contribution >= 4 is 11.6 Å². The van der Waals surface area contributed by atoms with Gasteiger partial charge in [0.25, 0.3) is 0 Å². The van der Waals surface area contributed by atoms with Crippen molar-refractivity contribution in [3.05, 3.63) is 52.6 Å². The number of nitrogens with two attached hydrogens (primary N) is 1. The average Bonchev–Trinajstić information content (AvgIpc) is 2.83. The van der Waals surface area contributed by atoms with Crippen molar-refractivity contribution in [1.29, 1.82) is 0 Å². The second-order valence-corrected chi connectivity index (χ2v) is 6.05. The molecule has 1 aliphatic rings. The molecule has 4 heteroatoms. The zero-order valence-corrected chi connectivity index (χ0v) is 12.5. The zero-order chi connectivity index (χ0) is 14.1. The molecule has 106 valence electrons. The lowest BCUT2D eigenvalue weighted by molar-refractivity contribution is 0.473. The highest BCUT2D eigenvalue weighted by Gasteiger charge is 2.24. The van der Waals surface area contributed by atoms with Gasteiger partial charge in [-0.3, -0.25) is 0 Å². The van der Waals surface area contributed by atoms with Crippen molar-refractivity contribution in [2.75, 3.05) is 0 Å². The maximum absolute atomic E-state index is 6.25. The van der Waals surface area contributed by atoms with Crippen molar-refractivity contribution in [2.45, 2.75) is 44.7 Å². The van der Waals surface area contributed by atoms with Crippen LogP contribution in [0, 0.1) is 0 Å². The number of hydrogen-bond donors (Lipinski definition) is 1. The maximum Gasteiger partial charge on any atom is 0.0957 e. The summed E-state index contributed by atoms with van der Waals surface area (Å²) in [4.78, 5) is 4.58. The number of halogens is 1. The van der Waals surface area contributed by atoms with E-state index in [9.17, 15) is 0 Å². The monoisotopic (exact) mass is 289 g/mol. The third-order valence-electron chi connectivity index (χ3n) is 4.05. The number of fused-ring (bicyclic) bond motifs is 1. The molecule has 0 bridgehead atoms. The lowest BCUT2D eigenvalue weighted by Crippen LogP contribution is -2.31. The number of aromatic nitrogens is 2. The Bertz CT molecular complexity index is 604. The van der Waals surface area contributed by atoms with Gasteiger partial charge < -0.3 is 10.3 Å². The van der Waals surface area contributed by atoms with Gasteiger partial charge in [-0.05, 0) is 50.3 Å². The van der Waals surface area contributed by atoms with Crippen molar-refractivity contribution in [2.24, 2.45) is 5.73 Å². The van der Waals surface area contributed by atoms with Crippen LogP contribution in [-0.2, 0) is 12.8 Å².